The van der Waals surface area contributed by atoms with E-state index in [1.807, 2.05) is 26.8 Å². The fourth-order valence-corrected chi connectivity index (χ4v) is 3.79. The molecule has 2 aromatic heterocycles. The first-order valence-corrected chi connectivity index (χ1v) is 10.5. The number of esters is 1. The van der Waals surface area contributed by atoms with E-state index in [-0.39, 0.29) is 12.4 Å². The average molecular weight is 457 g/mol. The molecule has 0 amide bonds. The van der Waals surface area contributed by atoms with Gasteiger partial charge in [-0.05, 0) is 12.1 Å². The summed E-state index contributed by atoms with van der Waals surface area (Å²) in [7, 11) is 0. The molecule has 1 saturated heterocycles. The number of fused-ring (bicyclic) bond motifs is 1. The maximum absolute atomic E-state index is 12.5. The van der Waals surface area contributed by atoms with Crippen LogP contribution in [0.25, 0.3) is 11.2 Å². The largest absolute Gasteiger partial charge is 0.482 e. The van der Waals surface area contributed by atoms with Crippen LogP contribution < -0.4 is 10.5 Å². The van der Waals surface area contributed by atoms with Crippen molar-refractivity contribution < 1.29 is 29.2 Å². The summed E-state index contributed by atoms with van der Waals surface area (Å²) in [6, 6.07) is 8.88. The highest BCUT2D eigenvalue weighted by atomic mass is 16.6. The molecule has 0 radical (unpaired) electrons. The molecule has 0 spiro atoms. The molecular weight excluding hydrogens is 430 g/mol. The van der Waals surface area contributed by atoms with Gasteiger partial charge in [0.15, 0.2) is 24.3 Å². The lowest BCUT2D eigenvalue weighted by Crippen LogP contribution is -2.48. The molecule has 4 rings (SSSR count). The van der Waals surface area contributed by atoms with Gasteiger partial charge in [-0.1, -0.05) is 39.0 Å². The van der Waals surface area contributed by atoms with Crippen molar-refractivity contribution in [2.45, 2.75) is 51.4 Å². The number of carbonyl (C=O) groups excluding carboxylic acids is 1. The molecule has 11 nitrogen and oxygen atoms in total. The molecule has 1 fully saturated rings. The number of aromatic nitrogens is 4. The van der Waals surface area contributed by atoms with Gasteiger partial charge in [0.1, 0.15) is 42.0 Å². The molecule has 1 aliphatic heterocycles. The zero-order valence-electron chi connectivity index (χ0n) is 18.5. The van der Waals surface area contributed by atoms with E-state index in [0.29, 0.717) is 16.9 Å². The smallest absolute Gasteiger partial charge is 0.344 e. The zero-order valence-corrected chi connectivity index (χ0v) is 18.5. The highest BCUT2D eigenvalue weighted by Gasteiger charge is 2.52. The van der Waals surface area contributed by atoms with E-state index in [2.05, 4.69) is 15.0 Å². The first-order chi connectivity index (χ1) is 15.7. The summed E-state index contributed by atoms with van der Waals surface area (Å²) >= 11 is 0. The lowest BCUT2D eigenvalue weighted by atomic mass is 9.83. The maximum Gasteiger partial charge on any atom is 0.344 e. The number of aliphatic hydroxyl groups excluding tert-OH is 2. The van der Waals surface area contributed by atoms with Crippen LogP contribution in [-0.2, 0) is 14.3 Å². The van der Waals surface area contributed by atoms with Crippen LogP contribution in [0.4, 0.5) is 5.82 Å². The number of para-hydroxylation sites is 1. The van der Waals surface area contributed by atoms with Crippen LogP contribution in [0.1, 0.15) is 27.0 Å². The lowest BCUT2D eigenvalue weighted by molar-refractivity contribution is -0.176. The van der Waals surface area contributed by atoms with Crippen LogP contribution in [-0.4, -0.2) is 66.7 Å². The maximum atomic E-state index is 12.5. The number of nitrogens with two attached hydrogens (primary N) is 1. The number of rotatable bonds is 6. The van der Waals surface area contributed by atoms with Crippen LogP contribution in [0.2, 0.25) is 0 Å². The summed E-state index contributed by atoms with van der Waals surface area (Å²) in [5.41, 5.74) is 5.92. The summed E-state index contributed by atoms with van der Waals surface area (Å²) in [4.78, 5) is 24.8. The molecule has 11 heteroatoms. The molecule has 1 unspecified atom stereocenters. The van der Waals surface area contributed by atoms with Crippen molar-refractivity contribution >= 4 is 23.0 Å². The third-order valence-electron chi connectivity index (χ3n) is 5.45. The van der Waals surface area contributed by atoms with Crippen molar-refractivity contribution in [1.29, 1.82) is 0 Å². The molecule has 3 heterocycles. The van der Waals surface area contributed by atoms with Gasteiger partial charge in [0, 0.05) is 5.41 Å². The minimum Gasteiger partial charge on any atom is -0.482 e. The molecule has 176 valence electrons. The second-order valence-electron chi connectivity index (χ2n) is 8.93. The van der Waals surface area contributed by atoms with E-state index in [1.165, 1.54) is 17.2 Å². The number of aliphatic hydroxyl groups is 2. The van der Waals surface area contributed by atoms with Gasteiger partial charge in [0.05, 0.1) is 6.33 Å². The number of carbonyl (C=O) groups is 1. The Kier molecular flexibility index (Phi) is 6.19. The van der Waals surface area contributed by atoms with Crippen LogP contribution in [0.5, 0.6) is 5.75 Å². The highest BCUT2D eigenvalue weighted by molar-refractivity contribution is 5.81. The molecular formula is C22H27N5O6. The fraction of sp³-hybridized carbons (Fsp3) is 0.455. The summed E-state index contributed by atoms with van der Waals surface area (Å²) < 4.78 is 18.7. The van der Waals surface area contributed by atoms with Gasteiger partial charge >= 0.3 is 5.97 Å². The Morgan fingerprint density at radius 1 is 1.18 bits per heavy atom. The topological polar surface area (TPSA) is 155 Å². The molecule has 33 heavy (non-hydrogen) atoms. The number of nitrogens with zero attached hydrogens (tertiary/aromatic N) is 4. The Balaban J connectivity index is 1.52. The second-order valence-corrected chi connectivity index (χ2v) is 8.93. The Morgan fingerprint density at radius 3 is 2.61 bits per heavy atom. The van der Waals surface area contributed by atoms with Crippen LogP contribution in [0, 0.1) is 5.41 Å². The van der Waals surface area contributed by atoms with Gasteiger partial charge in [-0.15, -0.1) is 0 Å². The monoisotopic (exact) mass is 457 g/mol. The predicted octanol–water partition coefficient (Wildman–Crippen LogP) is 1.06. The standard InChI is InChI=1S/C22H27N5O6/c1-22(2,3)18(32-13(28)9-31-12-7-5-4-6-8-12)17-15(29)16(30)21(33-17)27-11-26-14-19(23)24-10-25-20(14)27/h4-8,10-11,15-18,21,29-30H,9H2,1-3H3,(H2,23,24,25)/t15-,16+,17-,18?,21+/m0/s1. The van der Waals surface area contributed by atoms with E-state index in [0.717, 1.165) is 0 Å². The zero-order chi connectivity index (χ0) is 23.8. The van der Waals surface area contributed by atoms with E-state index in [4.69, 9.17) is 19.9 Å². The first kappa shape index (κ1) is 22.9. The highest BCUT2D eigenvalue weighted by Crippen LogP contribution is 2.38. The quantitative estimate of drug-likeness (QED) is 0.458. The Hall–Kier alpha value is -3.28. The minimum atomic E-state index is -1.33. The van der Waals surface area contributed by atoms with Crippen molar-refractivity contribution in [2.75, 3.05) is 12.3 Å². The number of hydrogen-bond acceptors (Lipinski definition) is 10. The van der Waals surface area contributed by atoms with Crippen LogP contribution >= 0.6 is 0 Å². The molecule has 4 N–H and O–H groups in total. The molecule has 0 saturated carbocycles. The number of nitrogen functional groups attached to an aromatic ring is 1. The molecule has 1 aromatic carbocycles. The molecule has 1 aliphatic rings. The van der Waals surface area contributed by atoms with E-state index in [9.17, 15) is 15.0 Å². The number of anilines is 1. The lowest BCUT2D eigenvalue weighted by Gasteiger charge is -2.35. The van der Waals surface area contributed by atoms with Crippen molar-refractivity contribution in [2.24, 2.45) is 5.41 Å². The van der Waals surface area contributed by atoms with Crippen LogP contribution in [0.15, 0.2) is 43.0 Å². The number of imidazole rings is 1. The Labute approximate surface area is 190 Å². The van der Waals surface area contributed by atoms with E-state index < -0.39 is 42.0 Å². The molecule has 3 aromatic rings. The van der Waals surface area contributed by atoms with E-state index in [1.54, 1.807) is 24.3 Å². The van der Waals surface area contributed by atoms with Crippen molar-refractivity contribution in [1.82, 2.24) is 19.5 Å². The van der Waals surface area contributed by atoms with Crippen molar-refractivity contribution in [3.8, 4) is 5.75 Å². The molecule has 5 atom stereocenters. The Morgan fingerprint density at radius 2 is 1.91 bits per heavy atom. The average Bonchev–Trinajstić information content (AvgIpc) is 3.33. The normalized spacial score (nSPS) is 24.0. The third-order valence-corrected chi connectivity index (χ3v) is 5.45. The number of hydrogen-bond donors (Lipinski definition) is 3. The van der Waals surface area contributed by atoms with Gasteiger partial charge in [-0.25, -0.2) is 19.7 Å². The summed E-state index contributed by atoms with van der Waals surface area (Å²) in [5, 5.41) is 21.6. The van der Waals surface area contributed by atoms with Crippen LogP contribution in [0.3, 0.4) is 0 Å². The van der Waals surface area contributed by atoms with Gasteiger partial charge in [0.2, 0.25) is 0 Å². The van der Waals surface area contributed by atoms with Gasteiger partial charge in [0.25, 0.3) is 0 Å². The van der Waals surface area contributed by atoms with Gasteiger partial charge < -0.3 is 30.2 Å². The predicted molar refractivity (Wildman–Crippen MR) is 117 cm³/mol. The van der Waals surface area contributed by atoms with Crippen molar-refractivity contribution in [3.63, 3.8) is 0 Å². The first-order valence-electron chi connectivity index (χ1n) is 10.5. The SMILES string of the molecule is CC(C)(C)C(OC(=O)COc1ccccc1)[C@H]1O[C@@H](n2cnc3c(N)ncnc32)[C@H](O)[C@@H]1O. The molecule has 0 aliphatic carbocycles. The number of ether oxygens (including phenoxy) is 3. The third kappa shape index (κ3) is 4.61. The summed E-state index contributed by atoms with van der Waals surface area (Å²) in [6.45, 7) is 5.23. The van der Waals surface area contributed by atoms with Crippen molar-refractivity contribution in [3.05, 3.63) is 43.0 Å². The summed E-state index contributed by atoms with van der Waals surface area (Å²) in [5.74, 6) is 0.0898. The summed E-state index contributed by atoms with van der Waals surface area (Å²) in [6.07, 6.45) is -2.89. The molecule has 0 bridgehead atoms. The van der Waals surface area contributed by atoms with Gasteiger partial charge in [-0.3, -0.25) is 4.57 Å². The van der Waals surface area contributed by atoms with Gasteiger partial charge in [-0.2, -0.15) is 0 Å². The fourth-order valence-electron chi connectivity index (χ4n) is 3.79. The second kappa shape index (κ2) is 8.93. The number of benzene rings is 1. The Bertz CT molecular complexity index is 1120. The van der Waals surface area contributed by atoms with E-state index >= 15 is 0 Å². The minimum absolute atomic E-state index is 0.184.